The Hall–Kier alpha value is -1.51. The van der Waals surface area contributed by atoms with Crippen molar-refractivity contribution >= 4 is 5.91 Å². The fraction of sp³-hybridized carbons (Fsp3) is 0.588. The van der Waals surface area contributed by atoms with Crippen LogP contribution in [0.5, 0.6) is 5.75 Å². The van der Waals surface area contributed by atoms with E-state index in [0.717, 1.165) is 24.4 Å². The minimum absolute atomic E-state index is 0.0586. The molecule has 1 rings (SSSR count). The van der Waals surface area contributed by atoms with Gasteiger partial charge in [-0.1, -0.05) is 33.8 Å². The number of ether oxygens (including phenoxy) is 1. The van der Waals surface area contributed by atoms with Crippen LogP contribution in [-0.2, 0) is 0 Å². The predicted molar refractivity (Wildman–Crippen MR) is 87.7 cm³/mol. The van der Waals surface area contributed by atoms with Gasteiger partial charge in [0.1, 0.15) is 5.75 Å². The molecule has 3 nitrogen and oxygen atoms in total. The van der Waals surface area contributed by atoms with Crippen LogP contribution in [0.3, 0.4) is 0 Å². The zero-order chi connectivity index (χ0) is 16.1. The van der Waals surface area contributed by atoms with Crippen LogP contribution in [0, 0.1) is 6.92 Å². The summed E-state index contributed by atoms with van der Waals surface area (Å²) in [5, 5.41) is 0. The van der Waals surface area contributed by atoms with E-state index in [2.05, 4.69) is 0 Å². The second-order valence-corrected chi connectivity index (χ2v) is 3.66. The van der Waals surface area contributed by atoms with Crippen molar-refractivity contribution in [2.24, 2.45) is 0 Å². The number of rotatable bonds is 4. The molecule has 116 valence electrons. The van der Waals surface area contributed by atoms with Crippen LogP contribution in [0.1, 0.15) is 57.5 Å². The van der Waals surface area contributed by atoms with E-state index in [1.807, 2.05) is 60.6 Å². The number of carbonyl (C=O) groups excluding carboxylic acids is 1. The van der Waals surface area contributed by atoms with Crippen LogP contribution in [0.4, 0.5) is 0 Å². The number of amides is 1. The predicted octanol–water partition coefficient (Wildman–Crippen LogP) is 4.54. The van der Waals surface area contributed by atoms with Crippen molar-refractivity contribution in [1.82, 2.24) is 4.90 Å². The second-order valence-electron chi connectivity index (χ2n) is 3.66. The van der Waals surface area contributed by atoms with Crippen molar-refractivity contribution in [2.45, 2.75) is 48.5 Å². The Morgan fingerprint density at radius 1 is 1.10 bits per heavy atom. The van der Waals surface area contributed by atoms with E-state index in [0.29, 0.717) is 5.56 Å². The molecule has 1 amide bonds. The van der Waals surface area contributed by atoms with E-state index in [4.69, 9.17) is 4.74 Å². The second kappa shape index (κ2) is 12.5. The molecule has 0 radical (unpaired) electrons. The fourth-order valence-electron chi connectivity index (χ4n) is 1.65. The molecule has 0 N–H and O–H groups in total. The third-order valence-electron chi connectivity index (χ3n) is 2.71. The van der Waals surface area contributed by atoms with Gasteiger partial charge in [0.2, 0.25) is 0 Å². The molecule has 0 aliphatic heterocycles. The van der Waals surface area contributed by atoms with Gasteiger partial charge in [0.15, 0.2) is 0 Å². The summed E-state index contributed by atoms with van der Waals surface area (Å²) in [4.78, 5) is 13.9. The first kappa shape index (κ1) is 20.8. The molecule has 0 aromatic heterocycles. The van der Waals surface area contributed by atoms with Gasteiger partial charge in [0, 0.05) is 18.7 Å². The molecule has 0 aliphatic carbocycles. The van der Waals surface area contributed by atoms with Crippen LogP contribution in [0.25, 0.3) is 0 Å². The fourth-order valence-corrected chi connectivity index (χ4v) is 1.65. The molecule has 0 heterocycles. The maximum atomic E-state index is 12.1. The maximum Gasteiger partial charge on any atom is 0.253 e. The van der Waals surface area contributed by atoms with Crippen molar-refractivity contribution < 1.29 is 9.53 Å². The number of hydrogen-bond acceptors (Lipinski definition) is 2. The van der Waals surface area contributed by atoms with E-state index in [-0.39, 0.29) is 5.91 Å². The highest BCUT2D eigenvalue weighted by Gasteiger charge is 2.13. The lowest BCUT2D eigenvalue weighted by Crippen LogP contribution is -2.30. The molecule has 0 fully saturated rings. The average Bonchev–Trinajstić information content (AvgIpc) is 2.52. The van der Waals surface area contributed by atoms with E-state index in [1.54, 1.807) is 18.1 Å². The van der Waals surface area contributed by atoms with Gasteiger partial charge in [-0.25, -0.2) is 0 Å². The zero-order valence-corrected chi connectivity index (χ0v) is 14.4. The number of benzene rings is 1. The van der Waals surface area contributed by atoms with E-state index in [9.17, 15) is 4.79 Å². The molecule has 0 saturated carbocycles. The molecule has 20 heavy (non-hydrogen) atoms. The number of hydrogen-bond donors (Lipinski definition) is 0. The molecular formula is C17H31NO2. The molecule has 0 atom stereocenters. The average molecular weight is 281 g/mol. The Bertz CT molecular complexity index is 371. The Kier molecular flexibility index (Phi) is 13.0. The normalized spacial score (nSPS) is 8.60. The topological polar surface area (TPSA) is 29.5 Å². The van der Waals surface area contributed by atoms with Crippen molar-refractivity contribution in [1.29, 1.82) is 0 Å². The molecule has 0 spiro atoms. The Morgan fingerprint density at radius 3 is 2.00 bits per heavy atom. The standard InChI is InChI=1S/C13H19NO2.2C2H6/c1-5-14(6-2)13(15)11-8-7-10(3)12(9-11)16-4;2*1-2/h7-9H,5-6H2,1-4H3;2*1-2H3. The summed E-state index contributed by atoms with van der Waals surface area (Å²) in [6, 6.07) is 5.56. The third-order valence-corrected chi connectivity index (χ3v) is 2.71. The quantitative estimate of drug-likeness (QED) is 0.811. The monoisotopic (exact) mass is 281 g/mol. The summed E-state index contributed by atoms with van der Waals surface area (Å²) in [5.74, 6) is 0.821. The number of aryl methyl sites for hydroxylation is 1. The molecular weight excluding hydrogens is 250 g/mol. The van der Waals surface area contributed by atoms with Gasteiger partial charge in [0.05, 0.1) is 7.11 Å². The molecule has 0 bridgehead atoms. The van der Waals surface area contributed by atoms with E-state index in [1.165, 1.54) is 0 Å². The highest BCUT2D eigenvalue weighted by Crippen LogP contribution is 2.19. The molecule has 0 unspecified atom stereocenters. The van der Waals surface area contributed by atoms with Crippen molar-refractivity contribution in [3.05, 3.63) is 29.3 Å². The SMILES string of the molecule is CC.CC.CCN(CC)C(=O)c1ccc(C)c(OC)c1. The van der Waals surface area contributed by atoms with Crippen LogP contribution < -0.4 is 4.74 Å². The highest BCUT2D eigenvalue weighted by molar-refractivity contribution is 5.94. The van der Waals surface area contributed by atoms with Crippen LogP contribution in [-0.4, -0.2) is 31.0 Å². The molecule has 1 aromatic carbocycles. The summed E-state index contributed by atoms with van der Waals surface area (Å²) in [6.45, 7) is 15.4. The first-order valence-electron chi connectivity index (χ1n) is 7.57. The first-order chi connectivity index (χ1) is 9.63. The minimum atomic E-state index is 0.0586. The molecule has 0 saturated heterocycles. The Morgan fingerprint density at radius 2 is 1.60 bits per heavy atom. The summed E-state index contributed by atoms with van der Waals surface area (Å²) in [5.41, 5.74) is 1.73. The minimum Gasteiger partial charge on any atom is -0.496 e. The summed E-state index contributed by atoms with van der Waals surface area (Å²) >= 11 is 0. The van der Waals surface area contributed by atoms with Gasteiger partial charge in [-0.3, -0.25) is 4.79 Å². The van der Waals surface area contributed by atoms with Gasteiger partial charge in [0.25, 0.3) is 5.91 Å². The summed E-state index contributed by atoms with van der Waals surface area (Å²) < 4.78 is 5.21. The third kappa shape index (κ3) is 6.09. The molecule has 0 aliphatic rings. The van der Waals surface area contributed by atoms with Gasteiger partial charge in [-0.15, -0.1) is 0 Å². The van der Waals surface area contributed by atoms with Gasteiger partial charge >= 0.3 is 0 Å². The van der Waals surface area contributed by atoms with E-state index >= 15 is 0 Å². The molecule has 3 heteroatoms. The number of methoxy groups -OCH3 is 1. The Labute approximate surface area is 124 Å². The summed E-state index contributed by atoms with van der Waals surface area (Å²) in [7, 11) is 1.62. The summed E-state index contributed by atoms with van der Waals surface area (Å²) in [6.07, 6.45) is 0. The highest BCUT2D eigenvalue weighted by atomic mass is 16.5. The first-order valence-corrected chi connectivity index (χ1v) is 7.57. The number of carbonyl (C=O) groups is 1. The molecule has 1 aromatic rings. The Balaban J connectivity index is 0. The van der Waals surface area contributed by atoms with Crippen molar-refractivity contribution in [2.75, 3.05) is 20.2 Å². The maximum absolute atomic E-state index is 12.1. The van der Waals surface area contributed by atoms with Crippen LogP contribution in [0.2, 0.25) is 0 Å². The van der Waals surface area contributed by atoms with Gasteiger partial charge < -0.3 is 9.64 Å². The van der Waals surface area contributed by atoms with Crippen LogP contribution in [0.15, 0.2) is 18.2 Å². The smallest absolute Gasteiger partial charge is 0.253 e. The van der Waals surface area contributed by atoms with Crippen molar-refractivity contribution in [3.8, 4) is 5.75 Å². The zero-order valence-electron chi connectivity index (χ0n) is 14.4. The van der Waals surface area contributed by atoms with Gasteiger partial charge in [-0.05, 0) is 38.5 Å². The lowest BCUT2D eigenvalue weighted by Gasteiger charge is -2.19. The van der Waals surface area contributed by atoms with E-state index < -0.39 is 0 Å². The van der Waals surface area contributed by atoms with Gasteiger partial charge in [-0.2, -0.15) is 0 Å². The van der Waals surface area contributed by atoms with Crippen LogP contribution >= 0.6 is 0 Å². The lowest BCUT2D eigenvalue weighted by molar-refractivity contribution is 0.0772. The number of nitrogens with zero attached hydrogens (tertiary/aromatic N) is 1. The largest absolute Gasteiger partial charge is 0.496 e. The van der Waals surface area contributed by atoms with Crippen molar-refractivity contribution in [3.63, 3.8) is 0 Å². The lowest BCUT2D eigenvalue weighted by atomic mass is 10.1.